The summed E-state index contributed by atoms with van der Waals surface area (Å²) < 4.78 is 14.5. The molecule has 1 aromatic heterocycles. The first kappa shape index (κ1) is 34.1. The molecule has 1 aliphatic rings. The smallest absolute Gasteiger partial charge is 0.272 e. The summed E-state index contributed by atoms with van der Waals surface area (Å²) in [5, 5.41) is 18.1. The fourth-order valence-electron chi connectivity index (χ4n) is 5.09. The molecule has 2 heterocycles. The number of nitrogens with one attached hydrogen (secondary N) is 3. The van der Waals surface area contributed by atoms with Gasteiger partial charge in [0.05, 0.1) is 17.4 Å². The number of carbonyl (C=O) groups is 4. The van der Waals surface area contributed by atoms with Crippen LogP contribution >= 0.6 is 23.1 Å². The van der Waals surface area contributed by atoms with Crippen molar-refractivity contribution in [3.05, 3.63) is 118 Å². The summed E-state index contributed by atoms with van der Waals surface area (Å²) >= 11 is 2.62. The third-order valence-corrected chi connectivity index (χ3v) is 10.1. The zero-order valence-electron chi connectivity index (χ0n) is 26.2. The van der Waals surface area contributed by atoms with E-state index in [1.165, 1.54) is 54.3 Å². The molecule has 5 rings (SSSR count). The molecule has 12 heteroatoms. The summed E-state index contributed by atoms with van der Waals surface area (Å²) in [6.07, 6.45) is 2.32. The maximum Gasteiger partial charge on any atom is 0.272 e. The molecule has 0 saturated heterocycles. The predicted molar refractivity (Wildman–Crippen MR) is 186 cm³/mol. The number of thiophene rings is 1. The van der Waals surface area contributed by atoms with E-state index in [1.807, 2.05) is 13.0 Å². The van der Waals surface area contributed by atoms with Gasteiger partial charge in [-0.25, -0.2) is 4.39 Å². The third-order valence-electron chi connectivity index (χ3n) is 7.62. The van der Waals surface area contributed by atoms with Gasteiger partial charge in [-0.2, -0.15) is 5.26 Å². The molecule has 0 bridgehead atoms. The number of hydrogen-bond acceptors (Lipinski definition) is 7. The third kappa shape index (κ3) is 8.17. The highest BCUT2D eigenvalue weighted by molar-refractivity contribution is 8.00. The SMILES string of the molecule is CCC(Sc1cccc(NC(=O)/C(=C/c2ccccc2F)NC(=O)c2ccccc2)c1)C(=O)Nc1sc2c(c1C#N)CCN(C(C)=O)C2. The van der Waals surface area contributed by atoms with E-state index in [2.05, 4.69) is 22.0 Å². The Balaban J connectivity index is 1.30. The highest BCUT2D eigenvalue weighted by atomic mass is 32.2. The second kappa shape index (κ2) is 15.6. The van der Waals surface area contributed by atoms with Crippen molar-refractivity contribution >= 4 is 63.5 Å². The fourth-order valence-corrected chi connectivity index (χ4v) is 7.32. The molecule has 244 valence electrons. The zero-order valence-corrected chi connectivity index (χ0v) is 27.8. The van der Waals surface area contributed by atoms with Gasteiger partial charge >= 0.3 is 0 Å². The summed E-state index contributed by atoms with van der Waals surface area (Å²) in [5.41, 5.74) is 2.02. The highest BCUT2D eigenvalue weighted by Gasteiger charge is 2.28. The number of nitrogens with zero attached hydrogens (tertiary/aromatic N) is 2. The Morgan fingerprint density at radius 1 is 1.04 bits per heavy atom. The predicted octanol–water partition coefficient (Wildman–Crippen LogP) is 6.58. The average molecular weight is 682 g/mol. The van der Waals surface area contributed by atoms with E-state index in [1.54, 1.807) is 59.5 Å². The van der Waals surface area contributed by atoms with Crippen molar-refractivity contribution in [3.8, 4) is 6.07 Å². The first-order valence-electron chi connectivity index (χ1n) is 15.2. The van der Waals surface area contributed by atoms with Gasteiger partial charge in [-0.1, -0.05) is 49.4 Å². The molecule has 0 spiro atoms. The van der Waals surface area contributed by atoms with E-state index in [0.29, 0.717) is 52.6 Å². The van der Waals surface area contributed by atoms with E-state index >= 15 is 0 Å². The first-order chi connectivity index (χ1) is 23.2. The topological polar surface area (TPSA) is 131 Å². The van der Waals surface area contributed by atoms with Crippen LogP contribution in [0.3, 0.4) is 0 Å². The monoisotopic (exact) mass is 681 g/mol. The summed E-state index contributed by atoms with van der Waals surface area (Å²) in [5.74, 6) is -2.05. The number of anilines is 2. The molecular formula is C36H32FN5O4S2. The standard InChI is InChI=1S/C36H32FN5O4S2/c1-3-31(35(46)41-36-28(20-38)27-16-17-42(22(2)43)21-32(27)48-36)47-26-14-9-13-25(19-26)39-34(45)30(18-24-12-7-8-15-29(24)37)40-33(44)23-10-5-4-6-11-23/h4-15,18-19,31H,3,16-17,21H2,1-2H3,(H,39,45)(H,40,44)(H,41,46)/b30-18-. The van der Waals surface area contributed by atoms with Crippen molar-refractivity contribution in [2.45, 2.75) is 43.4 Å². The maximum atomic E-state index is 14.5. The van der Waals surface area contributed by atoms with E-state index in [0.717, 1.165) is 10.4 Å². The van der Waals surface area contributed by atoms with Crippen LogP contribution in [0.4, 0.5) is 15.1 Å². The number of rotatable bonds is 10. The Kier molecular flexibility index (Phi) is 11.1. The van der Waals surface area contributed by atoms with Crippen LogP contribution < -0.4 is 16.0 Å². The molecule has 48 heavy (non-hydrogen) atoms. The Bertz CT molecular complexity index is 1940. The molecule has 0 aliphatic carbocycles. The van der Waals surface area contributed by atoms with Crippen molar-refractivity contribution in [1.29, 1.82) is 5.26 Å². The number of halogens is 1. The van der Waals surface area contributed by atoms with Gasteiger partial charge in [-0.3, -0.25) is 19.2 Å². The minimum atomic E-state index is -0.663. The van der Waals surface area contributed by atoms with Gasteiger partial charge in [0, 0.05) is 40.1 Å². The Morgan fingerprint density at radius 2 is 1.79 bits per heavy atom. The first-order valence-corrected chi connectivity index (χ1v) is 16.9. The van der Waals surface area contributed by atoms with Crippen LogP contribution in [0.1, 0.15) is 52.2 Å². The molecule has 1 aliphatic heterocycles. The Labute approximate surface area is 285 Å². The van der Waals surface area contributed by atoms with Crippen LogP contribution in [0, 0.1) is 17.1 Å². The molecular weight excluding hydrogens is 650 g/mol. The summed E-state index contributed by atoms with van der Waals surface area (Å²) in [6.45, 7) is 4.34. The second-order valence-electron chi connectivity index (χ2n) is 10.9. The van der Waals surface area contributed by atoms with Crippen molar-refractivity contribution < 1.29 is 23.6 Å². The molecule has 4 amide bonds. The van der Waals surface area contributed by atoms with Crippen LogP contribution in [0.15, 0.2) is 89.5 Å². The number of hydrogen-bond donors (Lipinski definition) is 3. The molecule has 1 atom stereocenters. The minimum Gasteiger partial charge on any atom is -0.337 e. The largest absolute Gasteiger partial charge is 0.337 e. The summed E-state index contributed by atoms with van der Waals surface area (Å²) in [6, 6.07) is 23.4. The number of benzene rings is 3. The van der Waals surface area contributed by atoms with Crippen LogP contribution in [-0.4, -0.2) is 40.3 Å². The lowest BCUT2D eigenvalue weighted by molar-refractivity contribution is -0.129. The van der Waals surface area contributed by atoms with E-state index in [-0.39, 0.29) is 23.1 Å². The number of amides is 4. The van der Waals surface area contributed by atoms with Gasteiger partial charge in [0.1, 0.15) is 22.6 Å². The fraction of sp³-hybridized carbons (Fsp3) is 0.194. The molecule has 0 radical (unpaired) electrons. The van der Waals surface area contributed by atoms with Crippen LogP contribution in [0.2, 0.25) is 0 Å². The molecule has 3 aromatic carbocycles. The van der Waals surface area contributed by atoms with Gasteiger partial charge < -0.3 is 20.9 Å². The normalized spacial score (nSPS) is 13.1. The Hall–Kier alpha value is -5.25. The van der Waals surface area contributed by atoms with Crippen LogP contribution in [0.5, 0.6) is 0 Å². The number of fused-ring (bicyclic) bond motifs is 1. The second-order valence-corrected chi connectivity index (χ2v) is 13.3. The van der Waals surface area contributed by atoms with Gasteiger partial charge in [-0.15, -0.1) is 23.1 Å². The molecule has 1 unspecified atom stereocenters. The lowest BCUT2D eigenvalue weighted by Crippen LogP contribution is -2.33. The number of nitriles is 1. The van der Waals surface area contributed by atoms with Crippen LogP contribution in [0.25, 0.3) is 6.08 Å². The molecule has 3 N–H and O–H groups in total. The summed E-state index contributed by atoms with van der Waals surface area (Å²) in [4.78, 5) is 55.0. The lowest BCUT2D eigenvalue weighted by atomic mass is 10.0. The van der Waals surface area contributed by atoms with Crippen molar-refractivity contribution in [3.63, 3.8) is 0 Å². The lowest BCUT2D eigenvalue weighted by Gasteiger charge is -2.25. The summed E-state index contributed by atoms with van der Waals surface area (Å²) in [7, 11) is 0. The molecule has 0 saturated carbocycles. The van der Waals surface area contributed by atoms with E-state index in [9.17, 15) is 28.8 Å². The molecule has 0 fully saturated rings. The number of thioether (sulfide) groups is 1. The van der Waals surface area contributed by atoms with E-state index < -0.39 is 22.9 Å². The van der Waals surface area contributed by atoms with Gasteiger partial charge in [0.25, 0.3) is 11.8 Å². The van der Waals surface area contributed by atoms with Gasteiger partial charge in [-0.05, 0) is 60.9 Å². The van der Waals surface area contributed by atoms with Crippen LogP contribution in [-0.2, 0) is 27.3 Å². The molecule has 4 aromatic rings. The van der Waals surface area contributed by atoms with E-state index in [4.69, 9.17) is 0 Å². The average Bonchev–Trinajstić information content (AvgIpc) is 3.44. The quantitative estimate of drug-likeness (QED) is 0.128. The number of carbonyl (C=O) groups excluding carboxylic acids is 4. The molecule has 9 nitrogen and oxygen atoms in total. The van der Waals surface area contributed by atoms with Gasteiger partial charge in [0.15, 0.2) is 0 Å². The van der Waals surface area contributed by atoms with Gasteiger partial charge in [0.2, 0.25) is 11.8 Å². The van der Waals surface area contributed by atoms with Crippen molar-refractivity contribution in [1.82, 2.24) is 10.2 Å². The zero-order chi connectivity index (χ0) is 34.2. The van der Waals surface area contributed by atoms with Crippen molar-refractivity contribution in [2.75, 3.05) is 17.2 Å². The maximum absolute atomic E-state index is 14.5. The van der Waals surface area contributed by atoms with Crippen molar-refractivity contribution in [2.24, 2.45) is 0 Å². The highest BCUT2D eigenvalue weighted by Crippen LogP contribution is 2.37. The minimum absolute atomic E-state index is 0.0340. The Morgan fingerprint density at radius 3 is 2.50 bits per heavy atom.